The summed E-state index contributed by atoms with van der Waals surface area (Å²) in [6, 6.07) is 31.8. The Balaban J connectivity index is 1.28. The van der Waals surface area contributed by atoms with Crippen LogP contribution in [0.25, 0.3) is 0 Å². The minimum atomic E-state index is -3.44. The van der Waals surface area contributed by atoms with Gasteiger partial charge in [-0.1, -0.05) is 46.5 Å². The molecule has 1 fully saturated rings. The second kappa shape index (κ2) is 35.7. The highest BCUT2D eigenvalue weighted by Crippen LogP contribution is 2.41. The smallest absolute Gasteiger partial charge is 0.393 e. The number of nitrogens with two attached hydrogens (primary N) is 1. The number of aromatic nitrogens is 3. The minimum absolute atomic E-state index is 0.0829. The maximum atomic E-state index is 14.3. The Kier molecular flexibility index (Phi) is 27.7. The molecule has 484 valence electrons. The molecule has 0 spiro atoms. The number of hydrogen-bond acceptors (Lipinski definition) is 21. The van der Waals surface area contributed by atoms with Crippen molar-refractivity contribution in [1.29, 1.82) is 0 Å². The van der Waals surface area contributed by atoms with Crippen LogP contribution >= 0.6 is 22.5 Å². The molecule has 92 heavy (non-hydrogen) atoms. The fraction of sp³-hybridized carbons (Fsp3) is 0.382. The number of ether oxygens (including phenoxy) is 6. The van der Waals surface area contributed by atoms with Crippen molar-refractivity contribution in [1.82, 2.24) is 29.7 Å². The van der Waals surface area contributed by atoms with Gasteiger partial charge < -0.3 is 43.2 Å². The van der Waals surface area contributed by atoms with E-state index in [1.807, 2.05) is 18.2 Å². The summed E-state index contributed by atoms with van der Waals surface area (Å²) < 4.78 is 84.3. The number of nitrogens with zero attached hydrogens (tertiary/aromatic N) is 6. The molecule has 0 amide bonds. The molecule has 7 rings (SSSR count). The molecule has 24 heteroatoms. The number of carbonyl (C=O) groups is 3. The molecule has 4 atom stereocenters. The molecular weight excluding hydrogens is 1230 g/mol. The Bertz CT molecular complexity index is 3820. The molecule has 3 unspecified atom stereocenters. The lowest BCUT2D eigenvalue weighted by molar-refractivity contribution is -0.143. The summed E-state index contributed by atoms with van der Waals surface area (Å²) in [5.74, 6) is 19.4. The van der Waals surface area contributed by atoms with Crippen LogP contribution < -0.4 is 36.2 Å². The zero-order valence-corrected chi connectivity index (χ0v) is 56.0. The van der Waals surface area contributed by atoms with E-state index in [9.17, 15) is 28.1 Å². The van der Waals surface area contributed by atoms with E-state index in [1.165, 1.54) is 21.3 Å². The van der Waals surface area contributed by atoms with Crippen molar-refractivity contribution in [3.63, 3.8) is 0 Å². The van der Waals surface area contributed by atoms with Gasteiger partial charge in [0.15, 0.2) is 19.8 Å². The van der Waals surface area contributed by atoms with Crippen molar-refractivity contribution in [2.75, 3.05) is 114 Å². The van der Waals surface area contributed by atoms with Gasteiger partial charge in [0.1, 0.15) is 34.8 Å². The topological polar surface area (TPSA) is 251 Å². The summed E-state index contributed by atoms with van der Waals surface area (Å²) in [6.07, 6.45) is 2.38. The Labute approximate surface area is 540 Å². The van der Waals surface area contributed by atoms with Gasteiger partial charge >= 0.3 is 25.7 Å². The molecule has 3 aromatic carbocycles. The fourth-order valence-electron chi connectivity index (χ4n) is 9.64. The van der Waals surface area contributed by atoms with Gasteiger partial charge in [0.05, 0.1) is 51.6 Å². The van der Waals surface area contributed by atoms with Crippen LogP contribution in [0.2, 0.25) is 0 Å². The first-order valence-electron chi connectivity index (χ1n) is 30.0. The van der Waals surface area contributed by atoms with Crippen molar-refractivity contribution in [2.24, 2.45) is 5.73 Å². The molecular formula is C68H79N7O14P3+. The Morgan fingerprint density at radius 3 is 1.33 bits per heavy atom. The highest BCUT2D eigenvalue weighted by Gasteiger charge is 2.29. The second-order valence-corrected chi connectivity index (χ2v) is 27.7. The highest BCUT2D eigenvalue weighted by molar-refractivity contribution is 7.66. The third-order valence-corrected chi connectivity index (χ3v) is 18.9. The lowest BCUT2D eigenvalue weighted by Gasteiger charge is -2.35. The Hall–Kier alpha value is -8.08. The Morgan fingerprint density at radius 2 is 0.913 bits per heavy atom. The first kappa shape index (κ1) is 71.4. The lowest BCUT2D eigenvalue weighted by Crippen LogP contribution is -2.44. The number of benzene rings is 3. The zero-order chi connectivity index (χ0) is 66.0. The number of hydrogen-bond donors (Lipinski definition) is 1. The molecule has 1 aliphatic heterocycles. The number of rotatable bonds is 26. The van der Waals surface area contributed by atoms with Gasteiger partial charge in [0, 0.05) is 111 Å². The molecule has 6 aromatic rings. The summed E-state index contributed by atoms with van der Waals surface area (Å²) in [4.78, 5) is 57.1. The SMILES string of the molecule is CCOP(C)(=O)c1cc(C#Cc2ccc(OCC(=O)OC)cc2)cc(CN2CCN(Cc3cc(C#Cc4ccc(OCC(=O)OC)cc4)cc([P+](C)=O)n3)C[C@H](CCCCN)N(Cc3cc(C#Cc4ccc(OCC(=O)OC)cc4)cc(P(C)(=O)OCC)n3)CC2)n1. The van der Waals surface area contributed by atoms with Crippen LogP contribution in [0.15, 0.2) is 109 Å². The number of pyridine rings is 3. The van der Waals surface area contributed by atoms with Crippen LogP contribution in [-0.4, -0.2) is 167 Å². The van der Waals surface area contributed by atoms with E-state index in [2.05, 4.69) is 50.2 Å². The lowest BCUT2D eigenvalue weighted by atomic mass is 10.1. The monoisotopic (exact) mass is 1310 g/mol. The van der Waals surface area contributed by atoms with Crippen LogP contribution in [0.5, 0.6) is 17.2 Å². The number of methoxy groups -OCH3 is 3. The predicted octanol–water partition coefficient (Wildman–Crippen LogP) is 7.27. The molecule has 21 nitrogen and oxygen atoms in total. The molecule has 0 radical (unpaired) electrons. The highest BCUT2D eigenvalue weighted by atomic mass is 31.2. The van der Waals surface area contributed by atoms with E-state index in [0.717, 1.165) is 19.3 Å². The molecule has 1 saturated heterocycles. The first-order chi connectivity index (χ1) is 44.3. The molecule has 2 N–H and O–H groups in total. The molecule has 1 aliphatic rings. The van der Waals surface area contributed by atoms with Gasteiger partial charge in [0.2, 0.25) is 14.7 Å². The molecule has 0 aliphatic carbocycles. The quantitative estimate of drug-likeness (QED) is 0.0184. The van der Waals surface area contributed by atoms with Crippen LogP contribution in [0.1, 0.15) is 83.6 Å². The largest absolute Gasteiger partial charge is 0.482 e. The van der Waals surface area contributed by atoms with Crippen molar-refractivity contribution in [2.45, 2.75) is 58.8 Å². The number of unbranched alkanes of at least 4 members (excludes halogenated alkanes) is 1. The normalized spacial score (nSPS) is 15.1. The van der Waals surface area contributed by atoms with E-state index in [4.69, 9.17) is 58.2 Å². The van der Waals surface area contributed by atoms with Crippen molar-refractivity contribution >= 4 is 56.8 Å². The van der Waals surface area contributed by atoms with E-state index in [0.29, 0.717) is 132 Å². The van der Waals surface area contributed by atoms with Gasteiger partial charge in [-0.15, -0.1) is 0 Å². The average Bonchev–Trinajstić information content (AvgIpc) is 1.11. The van der Waals surface area contributed by atoms with Gasteiger partial charge in [-0.25, -0.2) is 29.3 Å². The Morgan fingerprint density at radius 1 is 0.533 bits per heavy atom. The van der Waals surface area contributed by atoms with Gasteiger partial charge in [-0.05, 0) is 136 Å². The second-order valence-electron chi connectivity index (χ2n) is 21.5. The van der Waals surface area contributed by atoms with E-state index in [1.54, 1.807) is 125 Å². The number of carbonyl (C=O) groups excluding carboxylic acids is 3. The fourth-order valence-corrected chi connectivity index (χ4v) is 12.9. The minimum Gasteiger partial charge on any atom is -0.482 e. The van der Waals surface area contributed by atoms with E-state index in [-0.39, 0.29) is 49.9 Å². The van der Waals surface area contributed by atoms with Crippen LogP contribution in [0.4, 0.5) is 0 Å². The maximum absolute atomic E-state index is 14.3. The summed E-state index contributed by atoms with van der Waals surface area (Å²) in [5, 5.41) is 0. The maximum Gasteiger partial charge on any atom is 0.393 e. The molecule has 0 saturated carbocycles. The third kappa shape index (κ3) is 22.9. The molecule has 3 aromatic heterocycles. The van der Waals surface area contributed by atoms with Crippen molar-refractivity contribution in [3.8, 4) is 52.8 Å². The van der Waals surface area contributed by atoms with Crippen LogP contribution in [0, 0.1) is 35.5 Å². The third-order valence-electron chi connectivity index (χ3n) is 14.4. The van der Waals surface area contributed by atoms with E-state index >= 15 is 0 Å². The summed E-state index contributed by atoms with van der Waals surface area (Å²) in [7, 11) is -4.84. The summed E-state index contributed by atoms with van der Waals surface area (Å²) in [5.41, 5.74) is 12.9. The van der Waals surface area contributed by atoms with Gasteiger partial charge in [-0.2, -0.15) is 0 Å². The summed E-state index contributed by atoms with van der Waals surface area (Å²) in [6.45, 7) is 12.4. The number of esters is 3. The molecule has 0 bridgehead atoms. The van der Waals surface area contributed by atoms with E-state index < -0.39 is 40.4 Å². The van der Waals surface area contributed by atoms with Crippen LogP contribution in [0.3, 0.4) is 0 Å². The van der Waals surface area contributed by atoms with Crippen molar-refractivity contribution < 1.29 is 65.5 Å². The van der Waals surface area contributed by atoms with Gasteiger partial charge in [0.25, 0.3) is 5.44 Å². The average molecular weight is 1310 g/mol. The van der Waals surface area contributed by atoms with Gasteiger partial charge in [-0.3, -0.25) is 23.8 Å². The predicted molar refractivity (Wildman–Crippen MR) is 353 cm³/mol. The van der Waals surface area contributed by atoms with Crippen LogP contribution in [-0.2, 0) is 71.0 Å². The zero-order valence-electron chi connectivity index (χ0n) is 53.3. The summed E-state index contributed by atoms with van der Waals surface area (Å²) >= 11 is 0. The molecule has 4 heterocycles. The standard InChI is InChI=1S/C68H79N7O14P3/c1-9-88-91(7,80)64-41-54(18-15-51-22-28-61(29-23-51)86-48-67(77)83-4)38-57(71-64)43-73-33-34-74(44-56-37-53(40-63(70-56)90(6)79)17-14-50-20-26-60(27-21-50)85-47-66(76)82-3)46-59(13-11-12-32-69)75(36-35-73)45-58-39-55(42-65(72-58)92(8,81)89-10-2)19-16-52-24-30-62(31-25-52)87-49-68(78)84-5/h20-31,37-42,59H,9-13,32-36,43-49,69H2,1-8H3/q+1/t59-,91?,92?/m0/s1. The first-order valence-corrected chi connectivity index (χ1v) is 35.8. The van der Waals surface area contributed by atoms with Crippen molar-refractivity contribution in [3.05, 3.63) is 160 Å².